The topological polar surface area (TPSA) is 36.9 Å². The molecular weight excluding hydrogens is 184 g/mol. The van der Waals surface area contributed by atoms with Gasteiger partial charge in [-0.25, -0.2) is 0 Å². The van der Waals surface area contributed by atoms with Gasteiger partial charge in [-0.3, -0.25) is 0 Å². The van der Waals surface area contributed by atoms with Gasteiger partial charge in [0.05, 0.1) is 0 Å². The SMILES string of the molecule is C[C@@]12O[C@H]3O[C@@H]4O[C@H](O1)C1C4C3CC12. The van der Waals surface area contributed by atoms with Crippen LogP contribution in [-0.2, 0) is 18.9 Å². The predicted molar refractivity (Wildman–Crippen MR) is 42.7 cm³/mol. The van der Waals surface area contributed by atoms with Crippen LogP contribution in [0.3, 0.4) is 0 Å². The lowest BCUT2D eigenvalue weighted by Crippen LogP contribution is -2.46. The summed E-state index contributed by atoms with van der Waals surface area (Å²) in [5.41, 5.74) is 0. The first-order valence-corrected chi connectivity index (χ1v) is 5.43. The van der Waals surface area contributed by atoms with Crippen molar-refractivity contribution in [2.24, 2.45) is 23.7 Å². The second kappa shape index (κ2) is 1.78. The van der Waals surface area contributed by atoms with Crippen molar-refractivity contribution < 1.29 is 18.9 Å². The molecule has 8 atom stereocenters. The molecule has 1 aliphatic carbocycles. The number of rotatable bonds is 0. The van der Waals surface area contributed by atoms with E-state index < -0.39 is 5.79 Å². The molecule has 5 aliphatic rings. The van der Waals surface area contributed by atoms with E-state index in [0.29, 0.717) is 23.7 Å². The zero-order valence-electron chi connectivity index (χ0n) is 7.88. The molecular formula is C10H12O4. The van der Waals surface area contributed by atoms with Gasteiger partial charge in [-0.15, -0.1) is 0 Å². The fourth-order valence-corrected chi connectivity index (χ4v) is 4.33. The highest BCUT2D eigenvalue weighted by Crippen LogP contribution is 2.68. The average Bonchev–Trinajstić information content (AvgIpc) is 2.67. The van der Waals surface area contributed by atoms with Gasteiger partial charge >= 0.3 is 0 Å². The Morgan fingerprint density at radius 1 is 1.00 bits per heavy atom. The quantitative estimate of drug-likeness (QED) is 0.570. The van der Waals surface area contributed by atoms with E-state index in [9.17, 15) is 0 Å². The van der Waals surface area contributed by atoms with Crippen LogP contribution in [0.25, 0.3) is 0 Å². The second-order valence-corrected chi connectivity index (χ2v) is 5.29. The van der Waals surface area contributed by atoms with E-state index in [1.165, 1.54) is 6.42 Å². The molecule has 4 heterocycles. The molecule has 5 fully saturated rings. The van der Waals surface area contributed by atoms with Crippen LogP contribution in [0.5, 0.6) is 0 Å². The van der Waals surface area contributed by atoms with E-state index in [1.54, 1.807) is 0 Å². The fraction of sp³-hybridized carbons (Fsp3) is 1.00. The molecule has 1 saturated carbocycles. The maximum Gasteiger partial charge on any atom is 0.175 e. The maximum absolute atomic E-state index is 5.92. The highest BCUT2D eigenvalue weighted by Gasteiger charge is 2.75. The fourth-order valence-electron chi connectivity index (χ4n) is 4.33. The van der Waals surface area contributed by atoms with Gasteiger partial charge < -0.3 is 18.9 Å². The maximum atomic E-state index is 5.92. The third-order valence-electron chi connectivity index (χ3n) is 4.82. The van der Waals surface area contributed by atoms with Crippen molar-refractivity contribution in [1.29, 1.82) is 0 Å². The van der Waals surface area contributed by atoms with Crippen molar-refractivity contribution in [1.82, 2.24) is 0 Å². The Balaban J connectivity index is 1.79. The molecule has 0 N–H and O–H groups in total. The molecule has 4 heteroatoms. The van der Waals surface area contributed by atoms with Gasteiger partial charge in [-0.05, 0) is 13.3 Å². The molecule has 14 heavy (non-hydrogen) atoms. The Bertz CT molecular complexity index is 326. The second-order valence-electron chi connectivity index (χ2n) is 5.29. The number of hydrogen-bond acceptors (Lipinski definition) is 4. The lowest BCUT2D eigenvalue weighted by molar-refractivity contribution is -0.389. The largest absolute Gasteiger partial charge is 0.323 e. The van der Waals surface area contributed by atoms with Crippen molar-refractivity contribution in [3.05, 3.63) is 0 Å². The molecule has 0 aromatic carbocycles. The summed E-state index contributed by atoms with van der Waals surface area (Å²) in [6.07, 6.45) is 1.02. The van der Waals surface area contributed by atoms with Crippen LogP contribution in [0.2, 0.25) is 0 Å². The number of ether oxygens (including phenoxy) is 4. The minimum atomic E-state index is -0.434. The first kappa shape index (κ1) is 7.17. The van der Waals surface area contributed by atoms with Crippen molar-refractivity contribution in [3.8, 4) is 0 Å². The van der Waals surface area contributed by atoms with Gasteiger partial charge in [0.25, 0.3) is 0 Å². The summed E-state index contributed by atoms with van der Waals surface area (Å²) in [4.78, 5) is 0. The smallest absolute Gasteiger partial charge is 0.175 e. The molecule has 0 spiro atoms. The molecule has 4 aliphatic heterocycles. The summed E-state index contributed by atoms with van der Waals surface area (Å²) in [5, 5.41) is 0. The summed E-state index contributed by atoms with van der Waals surface area (Å²) in [6.45, 7) is 2.04. The zero-order chi connectivity index (χ0) is 9.08. The van der Waals surface area contributed by atoms with Crippen LogP contribution in [0.1, 0.15) is 13.3 Å². The Hall–Kier alpha value is -0.160. The summed E-state index contributed by atoms with van der Waals surface area (Å²) >= 11 is 0. The van der Waals surface area contributed by atoms with Crippen molar-refractivity contribution in [3.63, 3.8) is 0 Å². The highest BCUT2D eigenvalue weighted by molar-refractivity contribution is 5.12. The lowest BCUT2D eigenvalue weighted by Gasteiger charge is -2.39. The van der Waals surface area contributed by atoms with Crippen LogP contribution in [0, 0.1) is 23.7 Å². The van der Waals surface area contributed by atoms with Crippen LogP contribution in [0.4, 0.5) is 0 Å². The van der Waals surface area contributed by atoms with Gasteiger partial charge in [0.2, 0.25) is 0 Å². The minimum absolute atomic E-state index is 0.0464. The molecule has 0 radical (unpaired) electrons. The summed E-state index contributed by atoms with van der Waals surface area (Å²) in [5.74, 6) is 1.74. The van der Waals surface area contributed by atoms with Crippen LogP contribution >= 0.6 is 0 Å². The van der Waals surface area contributed by atoms with Crippen molar-refractivity contribution in [2.75, 3.05) is 0 Å². The highest BCUT2D eigenvalue weighted by atomic mass is 16.9. The Morgan fingerprint density at radius 2 is 1.79 bits per heavy atom. The normalized spacial score (nSPS) is 76.5. The third kappa shape index (κ3) is 0.518. The molecule has 0 amide bonds. The van der Waals surface area contributed by atoms with E-state index in [-0.39, 0.29) is 18.9 Å². The standard InChI is InChI=1S/C10H12O4/c1-10-4-2-3-5-6(4)9(14-10)12-8(5)11-7(3)13-10/h3-9H,2H2,1H3/t3?,4?,5?,6?,7-,8-,9-,10-/m1/s1. The van der Waals surface area contributed by atoms with Crippen molar-refractivity contribution in [2.45, 2.75) is 38.0 Å². The van der Waals surface area contributed by atoms with E-state index in [2.05, 4.69) is 0 Å². The Kier molecular flexibility index (Phi) is 0.909. The van der Waals surface area contributed by atoms with E-state index in [0.717, 1.165) is 0 Å². The summed E-state index contributed by atoms with van der Waals surface area (Å²) < 4.78 is 23.3. The number of hydrogen-bond donors (Lipinski definition) is 0. The molecule has 2 bridgehead atoms. The van der Waals surface area contributed by atoms with Gasteiger partial charge in [0.15, 0.2) is 24.7 Å². The van der Waals surface area contributed by atoms with Crippen LogP contribution in [-0.4, -0.2) is 24.7 Å². The Labute approximate surface area is 81.4 Å². The van der Waals surface area contributed by atoms with Gasteiger partial charge in [0, 0.05) is 23.7 Å². The first-order chi connectivity index (χ1) is 6.76. The molecule has 0 aromatic rings. The molecule has 4 saturated heterocycles. The van der Waals surface area contributed by atoms with Gasteiger partial charge in [-0.2, -0.15) is 0 Å². The molecule has 5 rings (SSSR count). The van der Waals surface area contributed by atoms with Crippen molar-refractivity contribution >= 4 is 0 Å². The molecule has 76 valence electrons. The molecule has 0 aromatic heterocycles. The minimum Gasteiger partial charge on any atom is -0.323 e. The zero-order valence-corrected chi connectivity index (χ0v) is 7.88. The molecule has 4 unspecified atom stereocenters. The first-order valence-electron chi connectivity index (χ1n) is 5.43. The van der Waals surface area contributed by atoms with E-state index in [1.807, 2.05) is 6.92 Å². The third-order valence-corrected chi connectivity index (χ3v) is 4.82. The Morgan fingerprint density at radius 3 is 2.71 bits per heavy atom. The molecule has 4 nitrogen and oxygen atoms in total. The van der Waals surface area contributed by atoms with Gasteiger partial charge in [0.1, 0.15) is 0 Å². The van der Waals surface area contributed by atoms with Crippen LogP contribution < -0.4 is 0 Å². The van der Waals surface area contributed by atoms with Crippen LogP contribution in [0.15, 0.2) is 0 Å². The lowest BCUT2D eigenvalue weighted by atomic mass is 9.88. The van der Waals surface area contributed by atoms with E-state index >= 15 is 0 Å². The average molecular weight is 196 g/mol. The summed E-state index contributed by atoms with van der Waals surface area (Å²) in [6, 6.07) is 0. The monoisotopic (exact) mass is 196 g/mol. The van der Waals surface area contributed by atoms with E-state index in [4.69, 9.17) is 18.9 Å². The summed E-state index contributed by atoms with van der Waals surface area (Å²) in [7, 11) is 0. The predicted octanol–water partition coefficient (Wildman–Crippen LogP) is 0.670. The van der Waals surface area contributed by atoms with Gasteiger partial charge in [-0.1, -0.05) is 0 Å².